The van der Waals surface area contributed by atoms with Crippen LogP contribution in [0.2, 0.25) is 0 Å². The van der Waals surface area contributed by atoms with Crippen LogP contribution in [-0.4, -0.2) is 34.3 Å². The third-order valence-electron chi connectivity index (χ3n) is 2.80. The number of ether oxygens (including phenoxy) is 1. The number of primary amides is 1. The summed E-state index contributed by atoms with van der Waals surface area (Å²) in [5.74, 6) is -0.435. The zero-order chi connectivity index (χ0) is 11.7. The average Bonchev–Trinajstić information content (AvgIpc) is 2.58. The van der Waals surface area contributed by atoms with Gasteiger partial charge < -0.3 is 20.5 Å². The van der Waals surface area contributed by atoms with Gasteiger partial charge in [0.2, 0.25) is 5.91 Å². The fourth-order valence-electron chi connectivity index (χ4n) is 2.01. The Morgan fingerprint density at radius 1 is 1.69 bits per heavy atom. The molecule has 88 valence electrons. The van der Waals surface area contributed by atoms with Crippen molar-refractivity contribution in [2.45, 2.75) is 38.2 Å². The highest BCUT2D eigenvalue weighted by Crippen LogP contribution is 2.26. The Kier molecular flexibility index (Phi) is 2.98. The Morgan fingerprint density at radius 3 is 3.00 bits per heavy atom. The smallest absolute Gasteiger partial charge is 0.246 e. The van der Waals surface area contributed by atoms with E-state index in [2.05, 4.69) is 0 Å². The Hall–Kier alpha value is -1.33. The first kappa shape index (κ1) is 11.2. The number of nitrogens with two attached hydrogens (primary N) is 1. The molecule has 2 aliphatic rings. The molecule has 16 heavy (non-hydrogen) atoms. The maximum Gasteiger partial charge on any atom is 0.246 e. The van der Waals surface area contributed by atoms with E-state index in [1.165, 1.54) is 0 Å². The maximum atomic E-state index is 11.1. The Bertz CT molecular complexity index is 351. The summed E-state index contributed by atoms with van der Waals surface area (Å²) in [4.78, 5) is 12.8. The zero-order valence-electron chi connectivity index (χ0n) is 9.17. The van der Waals surface area contributed by atoms with Crippen molar-refractivity contribution < 1.29 is 14.6 Å². The number of hydrogen-bond acceptors (Lipinski definition) is 4. The number of carbonyl (C=O) groups excluding carboxylic acids is 1. The van der Waals surface area contributed by atoms with Crippen LogP contribution in [0, 0.1) is 0 Å². The molecule has 5 nitrogen and oxygen atoms in total. The van der Waals surface area contributed by atoms with E-state index >= 15 is 0 Å². The predicted octanol–water partition coefficient (Wildman–Crippen LogP) is 0.0708. The summed E-state index contributed by atoms with van der Waals surface area (Å²) in [5.41, 5.74) is 5.74. The van der Waals surface area contributed by atoms with Crippen molar-refractivity contribution in [1.29, 1.82) is 0 Å². The molecule has 3 atom stereocenters. The molecule has 1 saturated heterocycles. The van der Waals surface area contributed by atoms with Crippen LogP contribution >= 0.6 is 0 Å². The molecule has 0 aromatic heterocycles. The van der Waals surface area contributed by atoms with E-state index in [-0.39, 0.29) is 6.10 Å². The molecular weight excluding hydrogens is 208 g/mol. The van der Waals surface area contributed by atoms with Crippen molar-refractivity contribution >= 4 is 5.91 Å². The monoisotopic (exact) mass is 224 g/mol. The number of aliphatic hydroxyl groups excluding tert-OH is 1. The summed E-state index contributed by atoms with van der Waals surface area (Å²) < 4.78 is 5.57. The Balaban J connectivity index is 2.12. The second kappa shape index (κ2) is 4.27. The Labute approximate surface area is 94.2 Å². The van der Waals surface area contributed by atoms with E-state index in [4.69, 9.17) is 10.5 Å². The lowest BCUT2D eigenvalue weighted by Crippen LogP contribution is -2.36. The first-order valence-corrected chi connectivity index (χ1v) is 5.36. The number of allylic oxidation sites excluding steroid dienone is 1. The van der Waals surface area contributed by atoms with Crippen LogP contribution < -0.4 is 5.73 Å². The van der Waals surface area contributed by atoms with Gasteiger partial charge in [-0.3, -0.25) is 4.79 Å². The van der Waals surface area contributed by atoms with Crippen LogP contribution in [0.15, 0.2) is 24.0 Å². The van der Waals surface area contributed by atoms with Crippen molar-refractivity contribution in [3.8, 4) is 0 Å². The quantitative estimate of drug-likeness (QED) is 0.696. The van der Waals surface area contributed by atoms with Gasteiger partial charge >= 0.3 is 0 Å². The van der Waals surface area contributed by atoms with Gasteiger partial charge in [-0.25, -0.2) is 0 Å². The topological polar surface area (TPSA) is 75.8 Å². The molecule has 0 radical (unpaired) electrons. The molecule has 0 aromatic rings. The number of amides is 1. The summed E-state index contributed by atoms with van der Waals surface area (Å²) in [6.07, 6.45) is 5.50. The number of hydrogen-bond donors (Lipinski definition) is 2. The summed E-state index contributed by atoms with van der Waals surface area (Å²) in [6.45, 7) is 1.91. The molecule has 5 heteroatoms. The van der Waals surface area contributed by atoms with Gasteiger partial charge in [0, 0.05) is 24.4 Å². The van der Waals surface area contributed by atoms with Crippen molar-refractivity contribution in [2.24, 2.45) is 5.73 Å². The molecule has 3 N–H and O–H groups in total. The van der Waals surface area contributed by atoms with Crippen LogP contribution in [0.1, 0.15) is 19.8 Å². The zero-order valence-corrected chi connectivity index (χ0v) is 9.17. The highest BCUT2D eigenvalue weighted by Gasteiger charge is 2.34. The SMILES string of the molecule is C[C@@H]1C[C@@H](O)[C@H](N2C=CCC(C(N)=O)=C2)O1. The van der Waals surface area contributed by atoms with Crippen LogP contribution in [-0.2, 0) is 9.53 Å². The Morgan fingerprint density at radius 2 is 2.44 bits per heavy atom. The van der Waals surface area contributed by atoms with E-state index in [9.17, 15) is 9.90 Å². The molecule has 0 aliphatic carbocycles. The fraction of sp³-hybridized carbons (Fsp3) is 0.545. The van der Waals surface area contributed by atoms with Gasteiger partial charge in [0.25, 0.3) is 0 Å². The highest BCUT2D eigenvalue weighted by molar-refractivity contribution is 5.92. The number of nitrogens with zero attached hydrogens (tertiary/aromatic N) is 1. The molecule has 1 amide bonds. The highest BCUT2D eigenvalue weighted by atomic mass is 16.5. The predicted molar refractivity (Wildman–Crippen MR) is 57.8 cm³/mol. The molecule has 2 rings (SSSR count). The molecule has 0 saturated carbocycles. The van der Waals surface area contributed by atoms with Crippen molar-refractivity contribution in [1.82, 2.24) is 4.90 Å². The second-order valence-corrected chi connectivity index (χ2v) is 4.20. The average molecular weight is 224 g/mol. The van der Waals surface area contributed by atoms with E-state index < -0.39 is 18.2 Å². The lowest BCUT2D eigenvalue weighted by atomic mass is 10.1. The fourth-order valence-corrected chi connectivity index (χ4v) is 2.01. The third kappa shape index (κ3) is 2.10. The molecule has 0 spiro atoms. The van der Waals surface area contributed by atoms with Gasteiger partial charge in [-0.05, 0) is 13.3 Å². The summed E-state index contributed by atoms with van der Waals surface area (Å²) in [5, 5.41) is 9.79. The van der Waals surface area contributed by atoms with Gasteiger partial charge in [-0.1, -0.05) is 6.08 Å². The third-order valence-corrected chi connectivity index (χ3v) is 2.80. The molecule has 2 aliphatic heterocycles. The number of carbonyl (C=O) groups is 1. The van der Waals surface area contributed by atoms with Crippen LogP contribution in [0.4, 0.5) is 0 Å². The first-order chi connectivity index (χ1) is 7.58. The molecule has 1 fully saturated rings. The van der Waals surface area contributed by atoms with E-state index in [0.717, 1.165) is 0 Å². The standard InChI is InChI=1S/C11H16N2O3/c1-7-5-9(14)11(16-7)13-4-2-3-8(6-13)10(12)15/h2,4,6-7,9,11,14H,3,5H2,1H3,(H2,12,15)/t7-,9-,11-/m1/s1. The molecular formula is C11H16N2O3. The second-order valence-electron chi connectivity index (χ2n) is 4.20. The lowest BCUT2D eigenvalue weighted by Gasteiger charge is -2.28. The van der Waals surface area contributed by atoms with E-state index in [0.29, 0.717) is 18.4 Å². The summed E-state index contributed by atoms with van der Waals surface area (Å²) >= 11 is 0. The minimum absolute atomic E-state index is 0.0285. The van der Waals surface area contributed by atoms with Gasteiger partial charge in [0.1, 0.15) is 6.10 Å². The van der Waals surface area contributed by atoms with Gasteiger partial charge in [-0.2, -0.15) is 0 Å². The minimum atomic E-state index is -0.539. The summed E-state index contributed by atoms with van der Waals surface area (Å²) in [6, 6.07) is 0. The van der Waals surface area contributed by atoms with E-state index in [1.54, 1.807) is 17.3 Å². The van der Waals surface area contributed by atoms with Crippen LogP contribution in [0.5, 0.6) is 0 Å². The van der Waals surface area contributed by atoms with Crippen molar-refractivity contribution in [3.05, 3.63) is 24.0 Å². The van der Waals surface area contributed by atoms with Gasteiger partial charge in [-0.15, -0.1) is 0 Å². The van der Waals surface area contributed by atoms with Crippen molar-refractivity contribution in [3.63, 3.8) is 0 Å². The van der Waals surface area contributed by atoms with Crippen molar-refractivity contribution in [2.75, 3.05) is 0 Å². The largest absolute Gasteiger partial charge is 0.388 e. The van der Waals surface area contributed by atoms with Gasteiger partial charge in [0.15, 0.2) is 6.23 Å². The molecule has 2 heterocycles. The minimum Gasteiger partial charge on any atom is -0.388 e. The van der Waals surface area contributed by atoms with Crippen LogP contribution in [0.25, 0.3) is 0 Å². The molecule has 0 unspecified atom stereocenters. The maximum absolute atomic E-state index is 11.1. The van der Waals surface area contributed by atoms with Crippen LogP contribution in [0.3, 0.4) is 0 Å². The normalized spacial score (nSPS) is 34.0. The number of rotatable bonds is 2. The summed E-state index contributed by atoms with van der Waals surface area (Å²) in [7, 11) is 0. The van der Waals surface area contributed by atoms with Gasteiger partial charge in [0.05, 0.1) is 6.10 Å². The first-order valence-electron chi connectivity index (χ1n) is 5.36. The lowest BCUT2D eigenvalue weighted by molar-refractivity contribution is -0.114. The number of aliphatic hydroxyl groups is 1. The molecule has 0 bridgehead atoms. The molecule has 0 aromatic carbocycles. The van der Waals surface area contributed by atoms with E-state index in [1.807, 2.05) is 13.0 Å².